The molecule has 1 aromatic carbocycles. The van der Waals surface area contributed by atoms with Crippen molar-refractivity contribution < 1.29 is 14.7 Å². The SMILES string of the molecule is CC(C(=O)O)N(C)c1cccc(Cl)c1C(N)=O. The Bertz CT molecular complexity index is 462. The summed E-state index contributed by atoms with van der Waals surface area (Å²) >= 11 is 5.88. The molecule has 3 N–H and O–H groups in total. The number of carbonyl (C=O) groups is 2. The van der Waals surface area contributed by atoms with E-state index in [4.69, 9.17) is 22.4 Å². The van der Waals surface area contributed by atoms with E-state index in [1.807, 2.05) is 0 Å². The summed E-state index contributed by atoms with van der Waals surface area (Å²) in [7, 11) is 1.57. The van der Waals surface area contributed by atoms with Crippen LogP contribution in [0, 0.1) is 0 Å². The molecule has 1 unspecified atom stereocenters. The maximum absolute atomic E-state index is 11.3. The number of carbonyl (C=O) groups excluding carboxylic acids is 1. The van der Waals surface area contributed by atoms with Gasteiger partial charge in [-0.05, 0) is 19.1 Å². The summed E-state index contributed by atoms with van der Waals surface area (Å²) in [5.74, 6) is -1.68. The fourth-order valence-corrected chi connectivity index (χ4v) is 1.69. The molecule has 17 heavy (non-hydrogen) atoms. The van der Waals surface area contributed by atoms with Crippen LogP contribution in [0.2, 0.25) is 5.02 Å². The summed E-state index contributed by atoms with van der Waals surface area (Å²) in [5, 5.41) is 9.13. The fraction of sp³-hybridized carbons (Fsp3) is 0.273. The lowest BCUT2D eigenvalue weighted by Gasteiger charge is -2.25. The van der Waals surface area contributed by atoms with Gasteiger partial charge in [-0.1, -0.05) is 17.7 Å². The van der Waals surface area contributed by atoms with Gasteiger partial charge in [-0.25, -0.2) is 4.79 Å². The van der Waals surface area contributed by atoms with Gasteiger partial charge in [0.15, 0.2) is 0 Å². The highest BCUT2D eigenvalue weighted by atomic mass is 35.5. The van der Waals surface area contributed by atoms with Crippen LogP contribution in [-0.2, 0) is 4.79 Å². The largest absolute Gasteiger partial charge is 0.480 e. The van der Waals surface area contributed by atoms with Gasteiger partial charge in [0.1, 0.15) is 6.04 Å². The molecule has 1 amide bonds. The zero-order chi connectivity index (χ0) is 13.2. The van der Waals surface area contributed by atoms with E-state index >= 15 is 0 Å². The maximum Gasteiger partial charge on any atom is 0.326 e. The minimum absolute atomic E-state index is 0.129. The lowest BCUT2D eigenvalue weighted by molar-refractivity contribution is -0.138. The first-order valence-corrected chi connectivity index (χ1v) is 5.28. The molecule has 0 aromatic heterocycles. The zero-order valence-electron chi connectivity index (χ0n) is 9.48. The van der Waals surface area contributed by atoms with Gasteiger partial charge in [0.05, 0.1) is 16.3 Å². The molecule has 0 heterocycles. The van der Waals surface area contributed by atoms with E-state index in [1.54, 1.807) is 19.2 Å². The van der Waals surface area contributed by atoms with E-state index in [9.17, 15) is 9.59 Å². The number of primary amides is 1. The first kappa shape index (κ1) is 13.3. The van der Waals surface area contributed by atoms with Crippen LogP contribution in [-0.4, -0.2) is 30.1 Å². The number of aliphatic carboxylic acids is 1. The monoisotopic (exact) mass is 256 g/mol. The van der Waals surface area contributed by atoms with Crippen molar-refractivity contribution in [1.82, 2.24) is 0 Å². The molecule has 0 bridgehead atoms. The highest BCUT2D eigenvalue weighted by molar-refractivity contribution is 6.34. The van der Waals surface area contributed by atoms with E-state index in [0.29, 0.717) is 5.69 Å². The van der Waals surface area contributed by atoms with Crippen LogP contribution in [0.15, 0.2) is 18.2 Å². The molecule has 0 radical (unpaired) electrons. The average Bonchev–Trinajstić information content (AvgIpc) is 2.25. The Balaban J connectivity index is 3.26. The molecule has 0 aliphatic heterocycles. The van der Waals surface area contributed by atoms with E-state index in [2.05, 4.69) is 0 Å². The van der Waals surface area contributed by atoms with Crippen molar-refractivity contribution in [3.63, 3.8) is 0 Å². The predicted molar refractivity (Wildman–Crippen MR) is 65.5 cm³/mol. The summed E-state index contributed by atoms with van der Waals surface area (Å²) in [5.41, 5.74) is 5.76. The number of nitrogens with zero attached hydrogens (tertiary/aromatic N) is 1. The van der Waals surface area contributed by atoms with Crippen molar-refractivity contribution >= 4 is 29.2 Å². The van der Waals surface area contributed by atoms with Crippen molar-refractivity contribution in [3.8, 4) is 0 Å². The zero-order valence-corrected chi connectivity index (χ0v) is 10.2. The summed E-state index contributed by atoms with van der Waals surface area (Å²) in [4.78, 5) is 23.6. The third-order valence-corrected chi connectivity index (χ3v) is 2.87. The van der Waals surface area contributed by atoms with Crippen LogP contribution in [0.5, 0.6) is 0 Å². The number of anilines is 1. The number of likely N-dealkylation sites (N-methyl/N-ethyl adjacent to an activating group) is 1. The Labute approximate surface area is 104 Å². The number of amides is 1. The maximum atomic E-state index is 11.3. The van der Waals surface area contributed by atoms with Crippen molar-refractivity contribution in [1.29, 1.82) is 0 Å². The number of carboxylic acids is 1. The van der Waals surface area contributed by atoms with Crippen LogP contribution >= 0.6 is 11.6 Å². The van der Waals surface area contributed by atoms with Crippen LogP contribution in [0.1, 0.15) is 17.3 Å². The Morgan fingerprint density at radius 1 is 1.47 bits per heavy atom. The van der Waals surface area contributed by atoms with Crippen molar-refractivity contribution in [2.45, 2.75) is 13.0 Å². The lowest BCUT2D eigenvalue weighted by atomic mass is 10.1. The molecular weight excluding hydrogens is 244 g/mol. The van der Waals surface area contributed by atoms with Crippen LogP contribution < -0.4 is 10.6 Å². The second kappa shape index (κ2) is 5.05. The van der Waals surface area contributed by atoms with Crippen molar-refractivity contribution in [3.05, 3.63) is 28.8 Å². The number of carboxylic acid groups (broad SMARTS) is 1. The smallest absolute Gasteiger partial charge is 0.326 e. The first-order valence-electron chi connectivity index (χ1n) is 4.90. The second-order valence-corrected chi connectivity index (χ2v) is 4.03. The van der Waals surface area contributed by atoms with Crippen LogP contribution in [0.4, 0.5) is 5.69 Å². The standard InChI is InChI=1S/C11H13ClN2O3/c1-6(11(16)17)14(2)8-5-3-4-7(12)9(8)10(13)15/h3-6H,1-2H3,(H2,13,15)(H,16,17). The normalized spacial score (nSPS) is 11.9. The Morgan fingerprint density at radius 3 is 2.53 bits per heavy atom. The molecule has 0 aliphatic rings. The molecule has 0 saturated heterocycles. The molecule has 1 aromatic rings. The highest BCUT2D eigenvalue weighted by Crippen LogP contribution is 2.27. The van der Waals surface area contributed by atoms with Gasteiger partial charge in [-0.2, -0.15) is 0 Å². The summed E-state index contributed by atoms with van der Waals surface area (Å²) in [6, 6.07) is 3.98. The van der Waals surface area contributed by atoms with E-state index in [0.717, 1.165) is 0 Å². The Hall–Kier alpha value is -1.75. The molecule has 92 valence electrons. The summed E-state index contributed by atoms with van der Waals surface area (Å²) < 4.78 is 0. The molecule has 0 fully saturated rings. The van der Waals surface area contributed by atoms with E-state index in [1.165, 1.54) is 17.9 Å². The first-order chi connectivity index (χ1) is 7.86. The van der Waals surface area contributed by atoms with Crippen molar-refractivity contribution in [2.24, 2.45) is 5.73 Å². The quantitative estimate of drug-likeness (QED) is 0.852. The van der Waals surface area contributed by atoms with Gasteiger partial charge < -0.3 is 15.7 Å². The third kappa shape index (κ3) is 2.68. The average molecular weight is 257 g/mol. The van der Waals surface area contributed by atoms with Gasteiger partial charge in [-0.15, -0.1) is 0 Å². The van der Waals surface area contributed by atoms with Gasteiger partial charge in [0.2, 0.25) is 0 Å². The van der Waals surface area contributed by atoms with Crippen molar-refractivity contribution in [2.75, 3.05) is 11.9 Å². The molecule has 0 spiro atoms. The lowest BCUT2D eigenvalue weighted by Crippen LogP contribution is -2.37. The van der Waals surface area contributed by atoms with E-state index in [-0.39, 0.29) is 10.6 Å². The van der Waals surface area contributed by atoms with Gasteiger partial charge in [-0.3, -0.25) is 4.79 Å². The minimum atomic E-state index is -0.997. The number of benzene rings is 1. The van der Waals surface area contributed by atoms with Gasteiger partial charge in [0.25, 0.3) is 5.91 Å². The van der Waals surface area contributed by atoms with Crippen LogP contribution in [0.25, 0.3) is 0 Å². The summed E-state index contributed by atoms with van der Waals surface area (Å²) in [6.07, 6.45) is 0. The number of hydrogen-bond acceptors (Lipinski definition) is 3. The number of nitrogens with two attached hydrogens (primary N) is 1. The fourth-order valence-electron chi connectivity index (χ4n) is 1.42. The minimum Gasteiger partial charge on any atom is -0.480 e. The summed E-state index contributed by atoms with van der Waals surface area (Å²) in [6.45, 7) is 1.51. The number of hydrogen-bond donors (Lipinski definition) is 2. The Morgan fingerprint density at radius 2 is 2.06 bits per heavy atom. The second-order valence-electron chi connectivity index (χ2n) is 3.62. The topological polar surface area (TPSA) is 83.6 Å². The molecule has 0 saturated carbocycles. The Kier molecular flexibility index (Phi) is 3.96. The van der Waals surface area contributed by atoms with Crippen LogP contribution in [0.3, 0.4) is 0 Å². The van der Waals surface area contributed by atoms with Gasteiger partial charge in [0, 0.05) is 7.05 Å². The molecule has 6 heteroatoms. The predicted octanol–water partition coefficient (Wildman–Crippen LogP) is 1.35. The molecule has 5 nitrogen and oxygen atoms in total. The number of rotatable bonds is 4. The molecule has 0 aliphatic carbocycles. The third-order valence-electron chi connectivity index (χ3n) is 2.56. The van der Waals surface area contributed by atoms with E-state index < -0.39 is 17.9 Å². The number of halogens is 1. The molecule has 1 rings (SSSR count). The highest BCUT2D eigenvalue weighted by Gasteiger charge is 2.22. The molecular formula is C11H13ClN2O3. The molecule has 1 atom stereocenters. The van der Waals surface area contributed by atoms with Gasteiger partial charge >= 0.3 is 5.97 Å².